The molecule has 108 valence electrons. The van der Waals surface area contributed by atoms with Crippen molar-refractivity contribution < 1.29 is 14.7 Å². The number of halogens is 1. The number of carbonyl (C=O) groups excluding carboxylic acids is 1. The van der Waals surface area contributed by atoms with Gasteiger partial charge in [0.15, 0.2) is 0 Å². The van der Waals surface area contributed by atoms with Crippen LogP contribution < -0.4 is 5.32 Å². The van der Waals surface area contributed by atoms with Crippen LogP contribution in [0.3, 0.4) is 0 Å². The summed E-state index contributed by atoms with van der Waals surface area (Å²) in [6.07, 6.45) is 2.68. The SMILES string of the molecule is CC(C)(CNC(=O)/C=C/C(=O)O)Cc1ccc(Br)cc1. The molecule has 0 atom stereocenters. The van der Waals surface area contributed by atoms with E-state index in [2.05, 4.69) is 35.1 Å². The van der Waals surface area contributed by atoms with E-state index in [4.69, 9.17) is 5.11 Å². The molecule has 0 radical (unpaired) electrons. The molecule has 0 saturated carbocycles. The number of carbonyl (C=O) groups is 2. The third-order valence-corrected chi connectivity index (χ3v) is 3.24. The zero-order chi connectivity index (χ0) is 15.2. The predicted octanol–water partition coefficient (Wildman–Crippen LogP) is 2.77. The summed E-state index contributed by atoms with van der Waals surface area (Å²) in [4.78, 5) is 21.7. The Bertz CT molecular complexity index is 506. The molecule has 20 heavy (non-hydrogen) atoms. The molecule has 2 N–H and O–H groups in total. The van der Waals surface area contributed by atoms with Gasteiger partial charge in [0.25, 0.3) is 0 Å². The van der Waals surface area contributed by atoms with E-state index in [9.17, 15) is 9.59 Å². The average molecular weight is 340 g/mol. The van der Waals surface area contributed by atoms with E-state index in [0.717, 1.165) is 23.0 Å². The van der Waals surface area contributed by atoms with Gasteiger partial charge in [0.05, 0.1) is 0 Å². The van der Waals surface area contributed by atoms with E-state index in [1.807, 2.05) is 24.3 Å². The highest BCUT2D eigenvalue weighted by Gasteiger charge is 2.19. The van der Waals surface area contributed by atoms with Crippen molar-refractivity contribution in [1.29, 1.82) is 0 Å². The molecule has 0 aliphatic carbocycles. The quantitative estimate of drug-likeness (QED) is 0.783. The maximum absolute atomic E-state index is 11.4. The lowest BCUT2D eigenvalue weighted by Crippen LogP contribution is -2.34. The number of carboxylic acids is 1. The Hall–Kier alpha value is -1.62. The van der Waals surface area contributed by atoms with E-state index in [-0.39, 0.29) is 5.41 Å². The summed E-state index contributed by atoms with van der Waals surface area (Å²) in [5, 5.41) is 11.1. The van der Waals surface area contributed by atoms with Crippen molar-refractivity contribution in [2.45, 2.75) is 20.3 Å². The standard InChI is InChI=1S/C15H18BrNO3/c1-15(2,9-11-3-5-12(16)6-4-11)10-17-13(18)7-8-14(19)20/h3-8H,9-10H2,1-2H3,(H,17,18)(H,19,20)/b8-7+. The topological polar surface area (TPSA) is 66.4 Å². The Kier molecular flexibility index (Phi) is 5.95. The normalized spacial score (nSPS) is 11.6. The first-order valence-corrected chi connectivity index (χ1v) is 7.01. The van der Waals surface area contributed by atoms with Gasteiger partial charge in [-0.05, 0) is 29.5 Å². The van der Waals surface area contributed by atoms with E-state index in [1.54, 1.807) is 0 Å². The predicted molar refractivity (Wildman–Crippen MR) is 81.4 cm³/mol. The van der Waals surface area contributed by atoms with E-state index in [1.165, 1.54) is 5.56 Å². The fourth-order valence-electron chi connectivity index (χ4n) is 1.75. The molecule has 1 aromatic rings. The Morgan fingerprint density at radius 2 is 1.85 bits per heavy atom. The minimum absolute atomic E-state index is 0.111. The van der Waals surface area contributed by atoms with Crippen LogP contribution in [0.2, 0.25) is 0 Å². The molecule has 1 aromatic carbocycles. The molecule has 0 unspecified atom stereocenters. The third kappa shape index (κ3) is 6.52. The first-order chi connectivity index (χ1) is 9.28. The fraction of sp³-hybridized carbons (Fsp3) is 0.333. The summed E-state index contributed by atoms with van der Waals surface area (Å²) in [6, 6.07) is 8.05. The average Bonchev–Trinajstić information content (AvgIpc) is 2.36. The van der Waals surface area contributed by atoms with Crippen molar-refractivity contribution in [2.75, 3.05) is 6.54 Å². The number of aliphatic carboxylic acids is 1. The summed E-state index contributed by atoms with van der Waals surface area (Å²) < 4.78 is 1.03. The number of carboxylic acid groups (broad SMARTS) is 1. The number of amides is 1. The smallest absolute Gasteiger partial charge is 0.328 e. The molecule has 0 heterocycles. The minimum Gasteiger partial charge on any atom is -0.478 e. The summed E-state index contributed by atoms with van der Waals surface area (Å²) in [5.74, 6) is -1.52. The Balaban J connectivity index is 2.51. The van der Waals surface area contributed by atoms with E-state index < -0.39 is 11.9 Å². The Morgan fingerprint density at radius 3 is 2.40 bits per heavy atom. The molecule has 1 rings (SSSR count). The number of nitrogens with one attached hydrogen (secondary N) is 1. The Labute approximate surface area is 127 Å². The van der Waals surface area contributed by atoms with Gasteiger partial charge in [0, 0.05) is 23.2 Å². The van der Waals surface area contributed by atoms with Crippen molar-refractivity contribution in [3.05, 3.63) is 46.5 Å². The highest BCUT2D eigenvalue weighted by atomic mass is 79.9. The van der Waals surface area contributed by atoms with Crippen molar-refractivity contribution in [3.8, 4) is 0 Å². The van der Waals surface area contributed by atoms with Crippen LogP contribution in [0.15, 0.2) is 40.9 Å². The molecule has 0 aliphatic rings. The number of benzene rings is 1. The molecular formula is C15H18BrNO3. The van der Waals surface area contributed by atoms with Crippen LogP contribution in [0.4, 0.5) is 0 Å². The van der Waals surface area contributed by atoms with Gasteiger partial charge >= 0.3 is 5.97 Å². The van der Waals surface area contributed by atoms with Gasteiger partial charge in [-0.2, -0.15) is 0 Å². The largest absolute Gasteiger partial charge is 0.478 e. The fourth-order valence-corrected chi connectivity index (χ4v) is 2.01. The second-order valence-corrected chi connectivity index (χ2v) is 6.27. The zero-order valence-corrected chi connectivity index (χ0v) is 13.1. The van der Waals surface area contributed by atoms with E-state index >= 15 is 0 Å². The molecule has 0 spiro atoms. The lowest BCUT2D eigenvalue weighted by atomic mass is 9.85. The maximum Gasteiger partial charge on any atom is 0.328 e. The van der Waals surface area contributed by atoms with Crippen LogP contribution in [-0.4, -0.2) is 23.5 Å². The minimum atomic E-state index is -1.13. The molecule has 0 bridgehead atoms. The first-order valence-electron chi connectivity index (χ1n) is 6.22. The summed E-state index contributed by atoms with van der Waals surface area (Å²) in [6.45, 7) is 4.58. The van der Waals surface area contributed by atoms with Crippen LogP contribution in [0.5, 0.6) is 0 Å². The van der Waals surface area contributed by atoms with Crippen LogP contribution in [-0.2, 0) is 16.0 Å². The van der Waals surface area contributed by atoms with Gasteiger partial charge in [-0.25, -0.2) is 4.79 Å². The van der Waals surface area contributed by atoms with Crippen LogP contribution in [0.1, 0.15) is 19.4 Å². The molecule has 0 fully saturated rings. The first kappa shape index (κ1) is 16.4. The Morgan fingerprint density at radius 1 is 1.25 bits per heavy atom. The highest BCUT2D eigenvalue weighted by Crippen LogP contribution is 2.22. The molecular weight excluding hydrogens is 322 g/mol. The summed E-state index contributed by atoms with van der Waals surface area (Å²) in [5.41, 5.74) is 1.08. The van der Waals surface area contributed by atoms with Crippen molar-refractivity contribution >= 4 is 27.8 Å². The maximum atomic E-state index is 11.4. The van der Waals surface area contributed by atoms with Crippen molar-refractivity contribution in [2.24, 2.45) is 5.41 Å². The molecule has 0 aliphatic heterocycles. The number of hydrogen-bond donors (Lipinski definition) is 2. The van der Waals surface area contributed by atoms with Gasteiger partial charge in [-0.3, -0.25) is 4.79 Å². The monoisotopic (exact) mass is 339 g/mol. The lowest BCUT2D eigenvalue weighted by Gasteiger charge is -2.24. The van der Waals surface area contributed by atoms with Crippen molar-refractivity contribution in [3.63, 3.8) is 0 Å². The third-order valence-electron chi connectivity index (χ3n) is 2.71. The number of rotatable bonds is 6. The molecule has 0 aromatic heterocycles. The summed E-state index contributed by atoms with van der Waals surface area (Å²) in [7, 11) is 0. The van der Waals surface area contributed by atoms with Gasteiger partial charge in [-0.15, -0.1) is 0 Å². The zero-order valence-electron chi connectivity index (χ0n) is 11.5. The highest BCUT2D eigenvalue weighted by molar-refractivity contribution is 9.10. The van der Waals surface area contributed by atoms with Crippen LogP contribution in [0.25, 0.3) is 0 Å². The van der Waals surface area contributed by atoms with Gasteiger partial charge in [0.2, 0.25) is 5.91 Å². The molecule has 5 heteroatoms. The van der Waals surface area contributed by atoms with Crippen LogP contribution in [0, 0.1) is 5.41 Å². The van der Waals surface area contributed by atoms with Crippen LogP contribution >= 0.6 is 15.9 Å². The van der Waals surface area contributed by atoms with Gasteiger partial charge in [-0.1, -0.05) is 41.9 Å². The van der Waals surface area contributed by atoms with Gasteiger partial charge in [0.1, 0.15) is 0 Å². The number of hydrogen-bond acceptors (Lipinski definition) is 2. The molecule has 1 amide bonds. The van der Waals surface area contributed by atoms with Gasteiger partial charge < -0.3 is 10.4 Å². The lowest BCUT2D eigenvalue weighted by molar-refractivity contribution is -0.131. The molecule has 4 nitrogen and oxygen atoms in total. The second kappa shape index (κ2) is 7.24. The summed E-state index contributed by atoms with van der Waals surface area (Å²) >= 11 is 3.39. The molecule has 0 saturated heterocycles. The van der Waals surface area contributed by atoms with E-state index in [0.29, 0.717) is 6.54 Å². The van der Waals surface area contributed by atoms with Crippen molar-refractivity contribution in [1.82, 2.24) is 5.32 Å². The second-order valence-electron chi connectivity index (χ2n) is 5.36.